The molecule has 144 valence electrons. The van der Waals surface area contributed by atoms with E-state index in [4.69, 9.17) is 10.3 Å². The summed E-state index contributed by atoms with van der Waals surface area (Å²) in [4.78, 5) is 2.63. The van der Waals surface area contributed by atoms with Gasteiger partial charge in [0.2, 0.25) is 0 Å². The van der Waals surface area contributed by atoms with Crippen LogP contribution in [0, 0.1) is 0 Å². The first-order valence-electron chi connectivity index (χ1n) is 8.53. The van der Waals surface area contributed by atoms with E-state index >= 15 is 0 Å². The summed E-state index contributed by atoms with van der Waals surface area (Å²) in [6.07, 6.45) is -3.02. The zero-order valence-electron chi connectivity index (χ0n) is 14.9. The molecule has 2 rings (SSSR count). The summed E-state index contributed by atoms with van der Waals surface area (Å²) in [5.74, 6) is 0.609. The average molecular weight is 378 g/mol. The number of hydrogen-bond donors (Lipinski definition) is 1. The molecule has 0 aromatic heterocycles. The molecule has 0 aliphatic carbocycles. The van der Waals surface area contributed by atoms with Gasteiger partial charge >= 0.3 is 6.18 Å². The Kier molecular flexibility index (Phi) is 7.52. The summed E-state index contributed by atoms with van der Waals surface area (Å²) >= 11 is 0. The van der Waals surface area contributed by atoms with Gasteiger partial charge in [0.1, 0.15) is 5.75 Å². The zero-order valence-corrected chi connectivity index (χ0v) is 14.9. The van der Waals surface area contributed by atoms with Crippen LogP contribution in [0.1, 0.15) is 36.1 Å². The number of rotatable bonds is 9. The first-order chi connectivity index (χ1) is 12.9. The molecule has 5 nitrogen and oxygen atoms in total. The molecule has 0 aliphatic heterocycles. The van der Waals surface area contributed by atoms with Crippen LogP contribution in [0.4, 0.5) is 13.2 Å². The highest BCUT2D eigenvalue weighted by atomic mass is 19.4. The van der Waals surface area contributed by atoms with Gasteiger partial charge in [-0.3, -0.25) is 0 Å². The van der Waals surface area contributed by atoms with Crippen LogP contribution in [0.15, 0.2) is 53.6 Å². The van der Waals surface area contributed by atoms with Crippen LogP contribution >= 0.6 is 0 Å². The lowest BCUT2D eigenvalue weighted by Gasteiger charge is -2.15. The molecule has 0 radical (unpaired) electrons. The number of alkyl halides is 3. The molecule has 0 saturated carbocycles. The Hall–Kier alpha value is -2.70. The number of azide groups is 1. The number of nitrogens with zero attached hydrogens (tertiary/aromatic N) is 3. The van der Waals surface area contributed by atoms with Crippen molar-refractivity contribution in [2.75, 3.05) is 13.3 Å². The van der Waals surface area contributed by atoms with E-state index in [0.29, 0.717) is 24.3 Å². The normalized spacial score (nSPS) is 12.3. The maximum atomic E-state index is 12.7. The van der Waals surface area contributed by atoms with Gasteiger partial charge in [-0.15, -0.1) is 0 Å². The second kappa shape index (κ2) is 9.85. The second-order valence-corrected chi connectivity index (χ2v) is 6.05. The molecule has 0 spiro atoms. The highest BCUT2D eigenvalue weighted by molar-refractivity contribution is 5.30. The summed E-state index contributed by atoms with van der Waals surface area (Å²) in [5, 5.41) is 6.67. The van der Waals surface area contributed by atoms with Crippen LogP contribution in [-0.4, -0.2) is 13.3 Å². The molecular formula is C19H21F3N4O. The maximum absolute atomic E-state index is 12.7. The van der Waals surface area contributed by atoms with Gasteiger partial charge in [-0.1, -0.05) is 35.4 Å². The van der Waals surface area contributed by atoms with Crippen LogP contribution in [0.25, 0.3) is 10.4 Å². The lowest BCUT2D eigenvalue weighted by molar-refractivity contribution is -0.137. The molecule has 0 aliphatic rings. The van der Waals surface area contributed by atoms with E-state index in [-0.39, 0.29) is 12.8 Å². The van der Waals surface area contributed by atoms with Crippen molar-refractivity contribution in [3.63, 3.8) is 0 Å². The largest absolute Gasteiger partial charge is 0.488 e. The Labute approximate surface area is 155 Å². The van der Waals surface area contributed by atoms with E-state index in [2.05, 4.69) is 15.3 Å². The average Bonchev–Trinajstić information content (AvgIpc) is 2.65. The number of hydrogen-bond acceptors (Lipinski definition) is 3. The smallest absolute Gasteiger partial charge is 0.416 e. The third kappa shape index (κ3) is 6.84. The van der Waals surface area contributed by atoms with Gasteiger partial charge in [-0.05, 0) is 61.2 Å². The number of nitrogens with one attached hydrogen (secondary N) is 1. The lowest BCUT2D eigenvalue weighted by atomic mass is 10.1. The lowest BCUT2D eigenvalue weighted by Crippen LogP contribution is -2.20. The van der Waals surface area contributed by atoms with Crippen molar-refractivity contribution in [1.82, 2.24) is 5.32 Å². The van der Waals surface area contributed by atoms with Crippen molar-refractivity contribution >= 4 is 0 Å². The van der Waals surface area contributed by atoms with Crippen LogP contribution < -0.4 is 10.1 Å². The predicted molar refractivity (Wildman–Crippen MR) is 97.3 cm³/mol. The van der Waals surface area contributed by atoms with E-state index in [1.54, 1.807) is 12.1 Å². The van der Waals surface area contributed by atoms with Crippen LogP contribution in [0.5, 0.6) is 5.75 Å². The fraction of sp³-hybridized carbons (Fsp3) is 0.368. The van der Waals surface area contributed by atoms with E-state index in [0.717, 1.165) is 18.1 Å². The molecule has 1 unspecified atom stereocenters. The van der Waals surface area contributed by atoms with Crippen LogP contribution in [0.2, 0.25) is 0 Å². The third-order valence-corrected chi connectivity index (χ3v) is 4.06. The summed E-state index contributed by atoms with van der Waals surface area (Å²) < 4.78 is 43.5. The van der Waals surface area contributed by atoms with E-state index in [9.17, 15) is 13.2 Å². The Morgan fingerprint density at radius 3 is 2.70 bits per heavy atom. The quantitative estimate of drug-likeness (QED) is 0.266. The van der Waals surface area contributed by atoms with Crippen molar-refractivity contribution in [2.24, 2.45) is 5.11 Å². The summed E-state index contributed by atoms with van der Waals surface area (Å²) in [6.45, 7) is 2.59. The molecule has 8 heteroatoms. The number of halogens is 3. The topological polar surface area (TPSA) is 70.0 Å². The molecule has 0 saturated heterocycles. The highest BCUT2D eigenvalue weighted by Gasteiger charge is 2.30. The molecule has 0 bridgehead atoms. The van der Waals surface area contributed by atoms with Crippen molar-refractivity contribution in [3.8, 4) is 5.75 Å². The Bertz CT molecular complexity index is 789. The maximum Gasteiger partial charge on any atom is 0.416 e. The zero-order chi connectivity index (χ0) is 19.7. The van der Waals surface area contributed by atoms with E-state index in [1.165, 1.54) is 12.1 Å². The summed E-state index contributed by atoms with van der Waals surface area (Å²) in [6, 6.07) is 12.9. The molecular weight excluding hydrogens is 357 g/mol. The summed E-state index contributed by atoms with van der Waals surface area (Å²) in [7, 11) is 0. The van der Waals surface area contributed by atoms with Gasteiger partial charge < -0.3 is 10.1 Å². The third-order valence-electron chi connectivity index (χ3n) is 4.06. The number of aryl methyl sites for hydroxylation is 1. The monoisotopic (exact) mass is 378 g/mol. The SMILES string of the molecule is CC(NCCCc1cccc(C(F)(F)F)c1)c1cccc(OCN=[N+]=[N-])c1. The fourth-order valence-corrected chi connectivity index (χ4v) is 2.63. The molecule has 0 fully saturated rings. The van der Waals surface area contributed by atoms with Crippen molar-refractivity contribution in [1.29, 1.82) is 0 Å². The van der Waals surface area contributed by atoms with E-state index in [1.807, 2.05) is 25.1 Å². The van der Waals surface area contributed by atoms with Crippen LogP contribution in [-0.2, 0) is 12.6 Å². The van der Waals surface area contributed by atoms with Gasteiger partial charge in [0.25, 0.3) is 0 Å². The Balaban J connectivity index is 1.82. The minimum absolute atomic E-state index is 0.0505. The van der Waals surface area contributed by atoms with Crippen molar-refractivity contribution in [3.05, 3.63) is 75.7 Å². The van der Waals surface area contributed by atoms with Gasteiger partial charge in [-0.2, -0.15) is 13.2 Å². The number of benzene rings is 2. The van der Waals surface area contributed by atoms with E-state index < -0.39 is 11.7 Å². The standard InChI is InChI=1S/C19H21F3N4O/c1-14(16-7-3-9-18(12-16)27-13-25-26-23)24-10-4-6-15-5-2-8-17(11-15)19(20,21)22/h2-3,5,7-9,11-12,14,24H,4,6,10,13H2,1H3. The Morgan fingerprint density at radius 1 is 1.19 bits per heavy atom. The fourth-order valence-electron chi connectivity index (χ4n) is 2.63. The van der Waals surface area contributed by atoms with Gasteiger partial charge in [0, 0.05) is 11.0 Å². The van der Waals surface area contributed by atoms with Crippen LogP contribution in [0.3, 0.4) is 0 Å². The first-order valence-corrected chi connectivity index (χ1v) is 8.53. The number of ether oxygens (including phenoxy) is 1. The highest BCUT2D eigenvalue weighted by Crippen LogP contribution is 2.29. The molecule has 0 heterocycles. The molecule has 2 aromatic rings. The van der Waals surface area contributed by atoms with Crippen molar-refractivity contribution < 1.29 is 17.9 Å². The molecule has 27 heavy (non-hydrogen) atoms. The summed E-state index contributed by atoms with van der Waals surface area (Å²) in [5.41, 5.74) is 9.33. The Morgan fingerprint density at radius 2 is 1.96 bits per heavy atom. The van der Waals surface area contributed by atoms with Gasteiger partial charge in [0.05, 0.1) is 5.56 Å². The minimum atomic E-state index is -4.31. The van der Waals surface area contributed by atoms with Gasteiger partial charge in [-0.25, -0.2) is 0 Å². The molecule has 1 N–H and O–H groups in total. The van der Waals surface area contributed by atoms with Crippen molar-refractivity contribution in [2.45, 2.75) is 32.0 Å². The minimum Gasteiger partial charge on any atom is -0.488 e. The molecule has 1 atom stereocenters. The predicted octanol–water partition coefficient (Wildman–Crippen LogP) is 5.64. The van der Waals surface area contributed by atoms with Gasteiger partial charge in [0.15, 0.2) is 6.73 Å². The first kappa shape index (κ1) is 20.6. The molecule has 0 amide bonds. The molecule has 2 aromatic carbocycles. The second-order valence-electron chi connectivity index (χ2n) is 6.05.